The van der Waals surface area contributed by atoms with Crippen LogP contribution in [0.1, 0.15) is 20.8 Å². The van der Waals surface area contributed by atoms with Gasteiger partial charge >= 0.3 is 0 Å². The number of methoxy groups -OCH3 is 2. The molecule has 0 radical (unpaired) electrons. The van der Waals surface area contributed by atoms with Crippen molar-refractivity contribution in [3.63, 3.8) is 0 Å². The third kappa shape index (κ3) is 115. The van der Waals surface area contributed by atoms with E-state index in [0.717, 1.165) is 0 Å². The van der Waals surface area contributed by atoms with E-state index in [0.29, 0.717) is 26.4 Å². The summed E-state index contributed by atoms with van der Waals surface area (Å²) in [5.74, 6) is 0. The Morgan fingerprint density at radius 3 is 1.06 bits per heavy atom. The molecule has 0 aromatic heterocycles. The van der Waals surface area contributed by atoms with Crippen LogP contribution in [0.3, 0.4) is 0 Å². The van der Waals surface area contributed by atoms with Gasteiger partial charge in [-0.2, -0.15) is 0 Å². The van der Waals surface area contributed by atoms with Crippen molar-refractivity contribution in [1.82, 2.24) is 0 Å². The van der Waals surface area contributed by atoms with Gasteiger partial charge in [-0.3, -0.25) is 0 Å². The molecular weight excluding hydrogens is 228 g/mol. The second kappa shape index (κ2) is 44.3. The molecule has 0 aromatic carbocycles. The fourth-order valence-corrected chi connectivity index (χ4v) is 0.387. The smallest absolute Gasteiger partial charge is 0.0701 e. The molecule has 0 bridgehead atoms. The minimum atomic E-state index is 0.653. The van der Waals surface area contributed by atoms with Crippen molar-refractivity contribution in [2.45, 2.75) is 20.8 Å². The molecule has 0 N–H and O–H groups in total. The fraction of sp³-hybridized carbons (Fsp3) is 0.600. The highest BCUT2D eigenvalue weighted by molar-refractivity contribution is 4.52. The molecule has 0 saturated carbocycles. The lowest BCUT2D eigenvalue weighted by molar-refractivity contribution is 0.0385. The van der Waals surface area contributed by atoms with Crippen LogP contribution in [-0.2, 0) is 14.2 Å². The first-order valence-corrected chi connectivity index (χ1v) is 5.93. The number of rotatable bonds is 6. The highest BCUT2D eigenvalue weighted by Gasteiger charge is 1.84. The molecule has 3 nitrogen and oxygen atoms in total. The Labute approximate surface area is 114 Å². The van der Waals surface area contributed by atoms with E-state index in [1.807, 2.05) is 20.8 Å². The molecule has 3 heteroatoms. The van der Waals surface area contributed by atoms with Gasteiger partial charge in [0.2, 0.25) is 0 Å². The summed E-state index contributed by atoms with van der Waals surface area (Å²) in [6, 6.07) is 0. The number of hydrogen-bond donors (Lipinski definition) is 0. The lowest BCUT2D eigenvalue weighted by Gasteiger charge is -2.00. The first-order valence-electron chi connectivity index (χ1n) is 5.93. The van der Waals surface area contributed by atoms with E-state index in [9.17, 15) is 0 Å². The van der Waals surface area contributed by atoms with E-state index in [-0.39, 0.29) is 0 Å². The van der Waals surface area contributed by atoms with Gasteiger partial charge in [0.05, 0.1) is 26.4 Å². The van der Waals surface area contributed by atoms with Crippen LogP contribution in [-0.4, -0.2) is 40.6 Å². The second-order valence-corrected chi connectivity index (χ2v) is 2.82. The minimum Gasteiger partial charge on any atom is -0.382 e. The summed E-state index contributed by atoms with van der Waals surface area (Å²) in [5.41, 5.74) is 0. The Morgan fingerprint density at radius 1 is 0.667 bits per heavy atom. The molecule has 0 aromatic rings. The molecule has 0 spiro atoms. The molecular formula is C15H32O3. The van der Waals surface area contributed by atoms with Crippen molar-refractivity contribution in [2.75, 3.05) is 40.6 Å². The maximum atomic E-state index is 5.06. The summed E-state index contributed by atoms with van der Waals surface area (Å²) in [4.78, 5) is 0. The van der Waals surface area contributed by atoms with Gasteiger partial charge in [-0.15, -0.1) is 19.7 Å². The molecule has 110 valence electrons. The second-order valence-electron chi connectivity index (χ2n) is 2.82. The third-order valence-corrected chi connectivity index (χ3v) is 0.864. The van der Waals surface area contributed by atoms with E-state index in [1.165, 1.54) is 0 Å². The quantitative estimate of drug-likeness (QED) is 0.536. The summed E-state index contributed by atoms with van der Waals surface area (Å²) in [7, 11) is 3.30. The molecule has 18 heavy (non-hydrogen) atoms. The average Bonchev–Trinajstić information content (AvgIpc) is 2.32. The first kappa shape index (κ1) is 25.8. The Hall–Kier alpha value is -0.900. The Bertz CT molecular complexity index is 113. The van der Waals surface area contributed by atoms with Crippen molar-refractivity contribution < 1.29 is 14.2 Å². The Morgan fingerprint density at radius 2 is 0.889 bits per heavy atom. The van der Waals surface area contributed by atoms with Crippen LogP contribution in [0.15, 0.2) is 38.0 Å². The SMILES string of the molecule is C=CC.C=CC.C=CC.COCCOCCOC. The lowest BCUT2D eigenvalue weighted by Crippen LogP contribution is -2.06. The van der Waals surface area contributed by atoms with Crippen LogP contribution in [0.2, 0.25) is 0 Å². The zero-order valence-corrected chi connectivity index (χ0v) is 12.9. The van der Waals surface area contributed by atoms with E-state index in [4.69, 9.17) is 14.2 Å². The maximum absolute atomic E-state index is 5.06. The standard InChI is InChI=1S/C6H14O3.3C3H6/c1-7-3-5-9-6-4-8-2;3*1-3-2/h3-6H2,1-2H3;3*3H,1H2,2H3. The van der Waals surface area contributed by atoms with Gasteiger partial charge in [-0.25, -0.2) is 0 Å². The molecule has 0 rings (SSSR count). The van der Waals surface area contributed by atoms with Crippen LogP contribution >= 0.6 is 0 Å². The van der Waals surface area contributed by atoms with Gasteiger partial charge in [0.25, 0.3) is 0 Å². The summed E-state index contributed by atoms with van der Waals surface area (Å²) < 4.78 is 14.6. The average molecular weight is 260 g/mol. The van der Waals surface area contributed by atoms with E-state index >= 15 is 0 Å². The van der Waals surface area contributed by atoms with E-state index in [1.54, 1.807) is 32.4 Å². The van der Waals surface area contributed by atoms with Gasteiger partial charge in [0, 0.05) is 14.2 Å². The molecule has 0 saturated heterocycles. The predicted octanol–water partition coefficient (Wildman–Crippen LogP) is 3.87. The molecule has 0 atom stereocenters. The van der Waals surface area contributed by atoms with Gasteiger partial charge < -0.3 is 14.2 Å². The normalized spacial score (nSPS) is 7.17. The first-order chi connectivity index (χ1) is 8.66. The highest BCUT2D eigenvalue weighted by atomic mass is 16.5. The monoisotopic (exact) mass is 260 g/mol. The summed E-state index contributed by atoms with van der Waals surface area (Å²) in [6.07, 6.45) is 5.25. The van der Waals surface area contributed by atoms with Crippen LogP contribution in [0, 0.1) is 0 Å². The molecule has 0 aliphatic carbocycles. The largest absolute Gasteiger partial charge is 0.382 e. The van der Waals surface area contributed by atoms with Crippen LogP contribution in [0.4, 0.5) is 0 Å². The van der Waals surface area contributed by atoms with Crippen molar-refractivity contribution >= 4 is 0 Å². The molecule has 0 aliphatic rings. The molecule has 0 amide bonds. The molecule has 0 unspecified atom stereocenters. The summed E-state index contributed by atoms with van der Waals surface area (Å²) in [6.45, 7) is 18.4. The van der Waals surface area contributed by atoms with Gasteiger partial charge in [-0.1, -0.05) is 18.2 Å². The lowest BCUT2D eigenvalue weighted by atomic mass is 10.7. The predicted molar refractivity (Wildman–Crippen MR) is 82.2 cm³/mol. The molecule has 0 aliphatic heterocycles. The van der Waals surface area contributed by atoms with Gasteiger partial charge in [-0.05, 0) is 20.8 Å². The van der Waals surface area contributed by atoms with E-state index < -0.39 is 0 Å². The highest BCUT2D eigenvalue weighted by Crippen LogP contribution is 1.75. The van der Waals surface area contributed by atoms with Gasteiger partial charge in [0.15, 0.2) is 0 Å². The van der Waals surface area contributed by atoms with Crippen LogP contribution in [0.5, 0.6) is 0 Å². The summed E-state index contributed by atoms with van der Waals surface area (Å²) in [5, 5.41) is 0. The zero-order valence-electron chi connectivity index (χ0n) is 12.9. The third-order valence-electron chi connectivity index (χ3n) is 0.864. The Kier molecular flexibility index (Phi) is 63.6. The van der Waals surface area contributed by atoms with Crippen molar-refractivity contribution in [3.05, 3.63) is 38.0 Å². The zero-order chi connectivity index (χ0) is 15.1. The summed E-state index contributed by atoms with van der Waals surface area (Å²) >= 11 is 0. The maximum Gasteiger partial charge on any atom is 0.0701 e. The van der Waals surface area contributed by atoms with Crippen LogP contribution < -0.4 is 0 Å². The van der Waals surface area contributed by atoms with Gasteiger partial charge in [0.1, 0.15) is 0 Å². The van der Waals surface area contributed by atoms with Crippen molar-refractivity contribution in [1.29, 1.82) is 0 Å². The number of ether oxygens (including phenoxy) is 3. The molecule has 0 fully saturated rings. The topological polar surface area (TPSA) is 27.7 Å². The number of allylic oxidation sites excluding steroid dienone is 3. The van der Waals surface area contributed by atoms with Crippen LogP contribution in [0.25, 0.3) is 0 Å². The minimum absolute atomic E-state index is 0.653. The van der Waals surface area contributed by atoms with Crippen molar-refractivity contribution in [3.8, 4) is 0 Å². The van der Waals surface area contributed by atoms with E-state index in [2.05, 4.69) is 19.7 Å². The number of hydrogen-bond acceptors (Lipinski definition) is 3. The Balaban J connectivity index is -0.0000000902. The molecule has 0 heterocycles. The van der Waals surface area contributed by atoms with Crippen molar-refractivity contribution in [2.24, 2.45) is 0 Å². The fourth-order valence-electron chi connectivity index (χ4n) is 0.387.